The molecule has 0 spiro atoms. The van der Waals surface area contributed by atoms with Gasteiger partial charge in [-0.3, -0.25) is 4.57 Å². The molecule has 0 atom stereocenters. The monoisotopic (exact) mass is 431 g/mol. The number of nitrogens with two attached hydrogens (primary N) is 1. The van der Waals surface area contributed by atoms with Gasteiger partial charge < -0.3 is 5.73 Å². The van der Waals surface area contributed by atoms with Crippen LogP contribution in [-0.4, -0.2) is 19.5 Å². The van der Waals surface area contributed by atoms with Crippen LogP contribution in [0.5, 0.6) is 0 Å². The van der Waals surface area contributed by atoms with E-state index in [2.05, 4.69) is 46.8 Å². The number of hydrogen-bond donors (Lipinski definition) is 1. The molecule has 1 aromatic carbocycles. The molecule has 2 aromatic heterocycles. The Hall–Kier alpha value is -1.61. The fraction of sp³-hybridized carbons (Fsp3) is 0.154. The summed E-state index contributed by atoms with van der Waals surface area (Å²) in [4.78, 5) is 11.3. The predicted molar refractivity (Wildman–Crippen MR) is 85.5 cm³/mol. The lowest BCUT2D eigenvalue weighted by Gasteiger charge is -2.08. The van der Waals surface area contributed by atoms with Crippen LogP contribution in [0.4, 0.5) is 14.6 Å². The maximum Gasteiger partial charge on any atom is 0.312 e. The van der Waals surface area contributed by atoms with Crippen LogP contribution < -0.4 is 5.73 Å². The van der Waals surface area contributed by atoms with Gasteiger partial charge in [0.2, 0.25) is 0 Å². The van der Waals surface area contributed by atoms with Crippen molar-refractivity contribution < 1.29 is 8.78 Å². The number of hydrogen-bond acceptors (Lipinski definition) is 4. The van der Waals surface area contributed by atoms with E-state index in [9.17, 15) is 8.78 Å². The number of imidazole rings is 1. The third kappa shape index (κ3) is 2.82. The first-order valence-electron chi connectivity index (χ1n) is 6.17. The van der Waals surface area contributed by atoms with E-state index in [-0.39, 0.29) is 23.8 Å². The minimum Gasteiger partial charge on any atom is -0.382 e. The number of anilines is 1. The van der Waals surface area contributed by atoms with Gasteiger partial charge in [0, 0.05) is 5.33 Å². The molecule has 0 saturated heterocycles. The van der Waals surface area contributed by atoms with Crippen LogP contribution in [0.15, 0.2) is 22.9 Å². The average Bonchev–Trinajstić information content (AvgIpc) is 2.76. The Bertz CT molecular complexity index is 865. The molecule has 0 unspecified atom stereocenters. The topological polar surface area (TPSA) is 69.6 Å². The van der Waals surface area contributed by atoms with Gasteiger partial charge >= 0.3 is 6.08 Å². The fourth-order valence-corrected chi connectivity index (χ4v) is 2.97. The second-order valence-electron chi connectivity index (χ2n) is 4.62. The predicted octanol–water partition coefficient (Wildman–Crippen LogP) is 3.39. The molecule has 0 aliphatic rings. The first-order valence-corrected chi connectivity index (χ1v) is 8.08. The van der Waals surface area contributed by atoms with Crippen molar-refractivity contribution in [2.75, 3.05) is 5.73 Å². The van der Waals surface area contributed by atoms with Gasteiger partial charge in [-0.2, -0.15) is 14.4 Å². The Labute approximate surface area is 140 Å². The van der Waals surface area contributed by atoms with Crippen molar-refractivity contribution in [3.63, 3.8) is 0 Å². The highest BCUT2D eigenvalue weighted by Gasteiger charge is 2.16. The molecule has 114 valence electrons. The SMILES string of the molecule is Nc1nc(F)nc2c1nc(Br)n2Cc1cc(F)cc(CBr)c1. The third-order valence-electron chi connectivity index (χ3n) is 3.06. The Kier molecular flexibility index (Phi) is 4.09. The van der Waals surface area contributed by atoms with E-state index in [1.54, 1.807) is 4.57 Å². The highest BCUT2D eigenvalue weighted by Crippen LogP contribution is 2.24. The summed E-state index contributed by atoms with van der Waals surface area (Å²) in [5, 5.41) is 0.535. The van der Waals surface area contributed by atoms with Gasteiger partial charge in [-0.25, -0.2) is 9.37 Å². The number of rotatable bonds is 3. The molecule has 3 aromatic rings. The molecule has 0 fully saturated rings. The zero-order valence-electron chi connectivity index (χ0n) is 11.0. The number of alkyl halides is 1. The molecule has 9 heteroatoms. The van der Waals surface area contributed by atoms with Crippen LogP contribution in [0.2, 0.25) is 0 Å². The van der Waals surface area contributed by atoms with E-state index >= 15 is 0 Å². The van der Waals surface area contributed by atoms with Crippen LogP contribution >= 0.6 is 31.9 Å². The molecule has 0 aliphatic carbocycles. The molecule has 3 rings (SSSR count). The highest BCUT2D eigenvalue weighted by atomic mass is 79.9. The zero-order chi connectivity index (χ0) is 15.9. The van der Waals surface area contributed by atoms with E-state index in [1.807, 2.05) is 6.07 Å². The lowest BCUT2D eigenvalue weighted by Crippen LogP contribution is -2.04. The van der Waals surface area contributed by atoms with Gasteiger partial charge in [-0.1, -0.05) is 22.0 Å². The molecule has 2 heterocycles. The third-order valence-corrected chi connectivity index (χ3v) is 4.31. The molecule has 0 bridgehead atoms. The van der Waals surface area contributed by atoms with Crippen molar-refractivity contribution in [1.82, 2.24) is 19.5 Å². The van der Waals surface area contributed by atoms with Crippen molar-refractivity contribution >= 4 is 48.8 Å². The number of nitrogens with zero attached hydrogens (tertiary/aromatic N) is 4. The molecule has 5 nitrogen and oxygen atoms in total. The van der Waals surface area contributed by atoms with Crippen LogP contribution in [0.1, 0.15) is 11.1 Å². The normalized spacial score (nSPS) is 11.3. The van der Waals surface area contributed by atoms with Crippen molar-refractivity contribution in [1.29, 1.82) is 0 Å². The summed E-state index contributed by atoms with van der Waals surface area (Å²) in [6, 6.07) is 4.70. The van der Waals surface area contributed by atoms with Gasteiger partial charge in [0.15, 0.2) is 21.7 Å². The molecule has 0 amide bonds. The van der Waals surface area contributed by atoms with E-state index in [0.29, 0.717) is 21.1 Å². The van der Waals surface area contributed by atoms with E-state index < -0.39 is 6.08 Å². The average molecular weight is 433 g/mol. The van der Waals surface area contributed by atoms with Crippen LogP contribution in [-0.2, 0) is 11.9 Å². The second kappa shape index (κ2) is 5.88. The standard InChI is InChI=1S/C13H9Br2F2N5/c14-4-6-1-7(3-8(16)2-6)5-22-11-9(19-12(22)15)10(18)20-13(17)21-11/h1-3H,4-5H2,(H2,18,20,21). The Morgan fingerprint density at radius 1 is 1.09 bits per heavy atom. The minimum atomic E-state index is -0.931. The summed E-state index contributed by atoms with van der Waals surface area (Å²) >= 11 is 6.58. The summed E-state index contributed by atoms with van der Waals surface area (Å²) < 4.78 is 29.0. The lowest BCUT2D eigenvalue weighted by atomic mass is 10.1. The number of fused-ring (bicyclic) bond motifs is 1. The molecular weight excluding hydrogens is 424 g/mol. The Balaban J connectivity index is 2.11. The summed E-state index contributed by atoms with van der Waals surface area (Å²) in [6.45, 7) is 0.269. The number of benzene rings is 1. The van der Waals surface area contributed by atoms with E-state index in [4.69, 9.17) is 5.73 Å². The van der Waals surface area contributed by atoms with Crippen molar-refractivity contribution in [2.45, 2.75) is 11.9 Å². The second-order valence-corrected chi connectivity index (χ2v) is 5.89. The summed E-state index contributed by atoms with van der Waals surface area (Å²) in [5.41, 5.74) is 7.70. The van der Waals surface area contributed by atoms with Gasteiger partial charge in [0.25, 0.3) is 0 Å². The van der Waals surface area contributed by atoms with Gasteiger partial charge in [0.1, 0.15) is 5.82 Å². The quantitative estimate of drug-likeness (QED) is 0.391. The smallest absolute Gasteiger partial charge is 0.312 e. The highest BCUT2D eigenvalue weighted by molar-refractivity contribution is 9.10. The zero-order valence-corrected chi connectivity index (χ0v) is 14.2. The molecular formula is C13H9Br2F2N5. The van der Waals surface area contributed by atoms with Crippen LogP contribution in [0, 0.1) is 11.9 Å². The summed E-state index contributed by atoms with van der Waals surface area (Å²) in [6.07, 6.45) is -0.931. The maximum atomic E-state index is 13.6. The Morgan fingerprint density at radius 3 is 2.55 bits per heavy atom. The minimum absolute atomic E-state index is 0.0395. The van der Waals surface area contributed by atoms with E-state index in [1.165, 1.54) is 12.1 Å². The van der Waals surface area contributed by atoms with E-state index in [0.717, 1.165) is 5.56 Å². The first kappa shape index (κ1) is 15.3. The lowest BCUT2D eigenvalue weighted by molar-refractivity contribution is 0.543. The Morgan fingerprint density at radius 2 is 1.82 bits per heavy atom. The van der Waals surface area contributed by atoms with Gasteiger partial charge in [-0.05, 0) is 39.2 Å². The van der Waals surface area contributed by atoms with Crippen LogP contribution in [0.3, 0.4) is 0 Å². The van der Waals surface area contributed by atoms with Crippen molar-refractivity contribution in [3.8, 4) is 0 Å². The van der Waals surface area contributed by atoms with Crippen molar-refractivity contribution in [3.05, 3.63) is 46.0 Å². The van der Waals surface area contributed by atoms with Gasteiger partial charge in [-0.15, -0.1) is 0 Å². The fourth-order valence-electron chi connectivity index (χ4n) is 2.18. The van der Waals surface area contributed by atoms with Crippen molar-refractivity contribution in [2.24, 2.45) is 0 Å². The maximum absolute atomic E-state index is 13.6. The van der Waals surface area contributed by atoms with Gasteiger partial charge in [0.05, 0.1) is 6.54 Å². The van der Waals surface area contributed by atoms with Crippen LogP contribution in [0.25, 0.3) is 11.2 Å². The largest absolute Gasteiger partial charge is 0.382 e. The molecule has 0 saturated carbocycles. The molecule has 0 radical (unpaired) electrons. The molecule has 2 N–H and O–H groups in total. The number of halogens is 4. The summed E-state index contributed by atoms with van der Waals surface area (Å²) in [5.74, 6) is -0.379. The number of nitrogen functional groups attached to an aromatic ring is 1. The molecule has 0 aliphatic heterocycles. The molecule has 22 heavy (non-hydrogen) atoms. The number of aromatic nitrogens is 4. The summed E-state index contributed by atoms with van der Waals surface area (Å²) in [7, 11) is 0. The first-order chi connectivity index (χ1) is 10.5.